The molecule has 0 saturated heterocycles. The number of carbonyl (C=O) groups is 2. The van der Waals surface area contributed by atoms with Crippen molar-refractivity contribution in [2.45, 2.75) is 20.8 Å². The number of ether oxygens (including phenoxy) is 2. The SMILES string of the molecule is CCN(CC)CC.CNc1ccc2cc(N)ccc2n1.CNc1ccc2cc(NC(=O)OC)ccc2n1.COC(=O)Cl. The molecular weight excluding hydrogens is 558 g/mol. The molecule has 5 N–H and O–H groups in total. The molecule has 4 rings (SSSR count). The number of pyridine rings is 2. The number of nitrogen functional groups attached to an aromatic ring is 1. The summed E-state index contributed by atoms with van der Waals surface area (Å²) in [5.74, 6) is 1.68. The topological polar surface area (TPSA) is 144 Å². The van der Waals surface area contributed by atoms with Gasteiger partial charge in [-0.15, -0.1) is 0 Å². The number of nitrogens with one attached hydrogen (secondary N) is 3. The number of halogens is 1. The first-order valence-electron chi connectivity index (χ1n) is 13.4. The van der Waals surface area contributed by atoms with Crippen LogP contribution in [0.5, 0.6) is 0 Å². The molecule has 12 heteroatoms. The molecule has 11 nitrogen and oxygen atoms in total. The fourth-order valence-electron chi connectivity index (χ4n) is 3.47. The van der Waals surface area contributed by atoms with Gasteiger partial charge in [0.25, 0.3) is 0 Å². The maximum Gasteiger partial charge on any atom is 0.411 e. The number of nitrogens with two attached hydrogens (primary N) is 1. The molecule has 0 aliphatic heterocycles. The standard InChI is InChI=1S/C12H13N3O2.C10H11N3.C6H15N.C2H3ClO2/c1-13-11-6-3-8-7-9(14-12(16)17-2)4-5-10(8)15-11;1-12-10-5-2-7-6-8(11)3-4-9(7)13-10;1-4-7(5-2)6-3;1-5-2(3)4/h3-7H,1-2H3,(H,13,15)(H,14,16);2-6H,11H2,1H3,(H,12,13);4-6H2,1-3H3;1H3. The summed E-state index contributed by atoms with van der Waals surface area (Å²) in [7, 11) is 6.22. The van der Waals surface area contributed by atoms with Gasteiger partial charge in [-0.25, -0.2) is 19.6 Å². The van der Waals surface area contributed by atoms with E-state index in [1.807, 2.05) is 68.7 Å². The number of fused-ring (bicyclic) bond motifs is 2. The number of nitrogens with zero attached hydrogens (tertiary/aromatic N) is 3. The van der Waals surface area contributed by atoms with Gasteiger partial charge in [-0.3, -0.25) is 5.32 Å². The summed E-state index contributed by atoms with van der Waals surface area (Å²) in [6.45, 7) is 10.1. The summed E-state index contributed by atoms with van der Waals surface area (Å²) in [6, 6.07) is 18.9. The number of hydrogen-bond acceptors (Lipinski definition) is 10. The number of rotatable bonds is 6. The van der Waals surface area contributed by atoms with Crippen LogP contribution in [0.4, 0.5) is 32.6 Å². The van der Waals surface area contributed by atoms with Crippen LogP contribution in [0.3, 0.4) is 0 Å². The Hall–Kier alpha value is -4.35. The van der Waals surface area contributed by atoms with Crippen molar-refractivity contribution in [2.75, 3.05) is 69.6 Å². The normalized spacial score (nSPS) is 9.74. The van der Waals surface area contributed by atoms with Gasteiger partial charge < -0.3 is 30.7 Å². The Morgan fingerprint density at radius 1 is 0.786 bits per heavy atom. The minimum atomic E-state index is -0.773. The van der Waals surface area contributed by atoms with Crippen molar-refractivity contribution in [3.8, 4) is 0 Å². The van der Waals surface area contributed by atoms with Crippen molar-refractivity contribution in [2.24, 2.45) is 0 Å². The van der Waals surface area contributed by atoms with Crippen molar-refractivity contribution >= 4 is 67.9 Å². The van der Waals surface area contributed by atoms with Gasteiger partial charge in [0.1, 0.15) is 11.6 Å². The zero-order chi connectivity index (χ0) is 31.5. The Bertz CT molecular complexity index is 1400. The fourth-order valence-corrected chi connectivity index (χ4v) is 3.47. The van der Waals surface area contributed by atoms with Crippen molar-refractivity contribution < 1.29 is 19.1 Å². The number of hydrogen-bond donors (Lipinski definition) is 4. The van der Waals surface area contributed by atoms with Crippen LogP contribution in [0.15, 0.2) is 60.7 Å². The first-order chi connectivity index (χ1) is 20.1. The summed E-state index contributed by atoms with van der Waals surface area (Å²) in [6.07, 6.45) is -0.482. The number of carbonyl (C=O) groups excluding carboxylic acids is 2. The van der Waals surface area contributed by atoms with Crippen LogP contribution < -0.4 is 21.7 Å². The predicted octanol–water partition coefficient (Wildman–Crippen LogP) is 6.65. The quantitative estimate of drug-likeness (QED) is 0.140. The number of amides is 1. The van der Waals surface area contributed by atoms with E-state index < -0.39 is 11.5 Å². The van der Waals surface area contributed by atoms with Gasteiger partial charge in [-0.1, -0.05) is 20.8 Å². The lowest BCUT2D eigenvalue weighted by atomic mass is 10.2. The van der Waals surface area contributed by atoms with Crippen molar-refractivity contribution in [1.82, 2.24) is 14.9 Å². The molecular formula is C30H42ClN7O4. The molecule has 228 valence electrons. The minimum Gasteiger partial charge on any atom is -0.457 e. The Balaban J connectivity index is 0.000000311. The third-order valence-electron chi connectivity index (χ3n) is 5.85. The number of benzene rings is 2. The molecule has 0 unspecified atom stereocenters. The summed E-state index contributed by atoms with van der Waals surface area (Å²) >= 11 is 4.60. The number of anilines is 4. The van der Waals surface area contributed by atoms with E-state index in [-0.39, 0.29) is 0 Å². The van der Waals surface area contributed by atoms with Crippen LogP contribution in [0.1, 0.15) is 20.8 Å². The second-order valence-corrected chi connectivity index (χ2v) is 8.74. The summed E-state index contributed by atoms with van der Waals surface area (Å²) in [5.41, 5.74) is 8.16. The number of methoxy groups -OCH3 is 2. The largest absolute Gasteiger partial charge is 0.457 e. The van der Waals surface area contributed by atoms with E-state index in [9.17, 15) is 9.59 Å². The van der Waals surface area contributed by atoms with Crippen LogP contribution in [-0.2, 0) is 9.47 Å². The smallest absolute Gasteiger partial charge is 0.411 e. The zero-order valence-corrected chi connectivity index (χ0v) is 26.1. The van der Waals surface area contributed by atoms with Gasteiger partial charge in [-0.05, 0) is 80.3 Å². The average Bonchev–Trinajstić information content (AvgIpc) is 3.02. The fraction of sp³-hybridized carbons (Fsp3) is 0.333. The molecule has 0 radical (unpaired) electrons. The minimum absolute atomic E-state index is 0.482. The third-order valence-corrected chi connectivity index (χ3v) is 6.00. The lowest BCUT2D eigenvalue weighted by Crippen LogP contribution is -2.21. The van der Waals surface area contributed by atoms with E-state index in [0.717, 1.165) is 39.1 Å². The summed E-state index contributed by atoms with van der Waals surface area (Å²) in [5, 5.41) is 10.6. The Morgan fingerprint density at radius 3 is 1.67 bits per heavy atom. The van der Waals surface area contributed by atoms with E-state index in [1.54, 1.807) is 6.07 Å². The lowest BCUT2D eigenvalue weighted by molar-refractivity contribution is 0.187. The molecule has 0 saturated carbocycles. The second kappa shape index (κ2) is 19.7. The predicted molar refractivity (Wildman–Crippen MR) is 175 cm³/mol. The maximum atomic E-state index is 11.1. The van der Waals surface area contributed by atoms with Crippen LogP contribution in [0, 0.1) is 0 Å². The highest BCUT2D eigenvalue weighted by molar-refractivity contribution is 6.61. The molecule has 0 spiro atoms. The molecule has 4 aromatic rings. The van der Waals surface area contributed by atoms with Gasteiger partial charge in [0, 0.05) is 47.8 Å². The third kappa shape index (κ3) is 12.9. The van der Waals surface area contributed by atoms with Gasteiger partial charge >= 0.3 is 11.5 Å². The van der Waals surface area contributed by atoms with Crippen molar-refractivity contribution in [3.63, 3.8) is 0 Å². The van der Waals surface area contributed by atoms with Gasteiger partial charge in [0.2, 0.25) is 0 Å². The first kappa shape index (κ1) is 35.7. The summed E-state index contributed by atoms with van der Waals surface area (Å²) in [4.78, 5) is 31.5. The second-order valence-electron chi connectivity index (χ2n) is 8.43. The molecule has 1 amide bonds. The van der Waals surface area contributed by atoms with Crippen LogP contribution in [-0.4, -0.2) is 74.3 Å². The highest BCUT2D eigenvalue weighted by atomic mass is 35.5. The Morgan fingerprint density at radius 2 is 1.26 bits per heavy atom. The van der Waals surface area contributed by atoms with Crippen molar-refractivity contribution in [1.29, 1.82) is 0 Å². The van der Waals surface area contributed by atoms with E-state index in [0.29, 0.717) is 5.69 Å². The van der Waals surface area contributed by atoms with E-state index in [2.05, 4.69) is 72.7 Å². The zero-order valence-electron chi connectivity index (χ0n) is 25.3. The summed E-state index contributed by atoms with van der Waals surface area (Å²) < 4.78 is 8.40. The molecule has 2 heterocycles. The van der Waals surface area contributed by atoms with Gasteiger partial charge in [0.15, 0.2) is 0 Å². The van der Waals surface area contributed by atoms with Crippen LogP contribution in [0.2, 0.25) is 0 Å². The van der Waals surface area contributed by atoms with Gasteiger partial charge in [-0.2, -0.15) is 0 Å². The maximum absolute atomic E-state index is 11.1. The average molecular weight is 600 g/mol. The monoisotopic (exact) mass is 599 g/mol. The number of aromatic nitrogens is 2. The molecule has 42 heavy (non-hydrogen) atoms. The molecule has 0 fully saturated rings. The molecule has 0 atom stereocenters. The van der Waals surface area contributed by atoms with Crippen molar-refractivity contribution in [3.05, 3.63) is 60.7 Å². The van der Waals surface area contributed by atoms with E-state index in [4.69, 9.17) is 5.73 Å². The van der Waals surface area contributed by atoms with Gasteiger partial charge in [0.05, 0.1) is 25.3 Å². The first-order valence-corrected chi connectivity index (χ1v) is 13.8. The van der Waals surface area contributed by atoms with E-state index in [1.165, 1.54) is 33.9 Å². The Kier molecular flexibility index (Phi) is 16.7. The molecule has 0 bridgehead atoms. The molecule has 0 aliphatic rings. The highest BCUT2D eigenvalue weighted by Crippen LogP contribution is 2.20. The lowest BCUT2D eigenvalue weighted by Gasteiger charge is -2.13. The van der Waals surface area contributed by atoms with Crippen LogP contribution >= 0.6 is 11.6 Å². The Labute approximate surface area is 252 Å². The molecule has 2 aromatic carbocycles. The molecule has 2 aromatic heterocycles. The molecule has 0 aliphatic carbocycles. The highest BCUT2D eigenvalue weighted by Gasteiger charge is 2.03. The van der Waals surface area contributed by atoms with Crippen LogP contribution in [0.25, 0.3) is 21.8 Å². The van der Waals surface area contributed by atoms with E-state index >= 15 is 0 Å².